The first-order valence-corrected chi connectivity index (χ1v) is 7.30. The SMILES string of the molecule is C=NN1C(N(C)Cc2ccccc2)=CC(Cl)=N/C1=C(/C)C(N)=O. The summed E-state index contributed by atoms with van der Waals surface area (Å²) in [4.78, 5) is 17.5. The second-order valence-electron chi connectivity index (χ2n) is 5.04. The molecule has 0 unspecified atom stereocenters. The highest BCUT2D eigenvalue weighted by atomic mass is 35.5. The normalized spacial score (nSPS) is 16.4. The number of nitrogens with two attached hydrogens (primary N) is 1. The van der Waals surface area contributed by atoms with Gasteiger partial charge in [0.15, 0.2) is 5.82 Å². The number of nitrogens with zero attached hydrogens (tertiary/aromatic N) is 4. The van der Waals surface area contributed by atoms with Gasteiger partial charge < -0.3 is 10.6 Å². The van der Waals surface area contributed by atoms with Crippen molar-refractivity contribution in [2.45, 2.75) is 13.5 Å². The molecule has 0 aromatic heterocycles. The summed E-state index contributed by atoms with van der Waals surface area (Å²) >= 11 is 6.10. The third-order valence-electron chi connectivity index (χ3n) is 3.38. The zero-order chi connectivity index (χ0) is 17.0. The molecule has 1 aromatic carbocycles. The third-order valence-corrected chi connectivity index (χ3v) is 3.57. The van der Waals surface area contributed by atoms with E-state index in [0.29, 0.717) is 12.4 Å². The predicted octanol–water partition coefficient (Wildman–Crippen LogP) is 2.25. The van der Waals surface area contributed by atoms with Crippen molar-refractivity contribution in [3.05, 3.63) is 59.2 Å². The van der Waals surface area contributed by atoms with Gasteiger partial charge in [0.1, 0.15) is 11.0 Å². The molecule has 7 heteroatoms. The van der Waals surface area contributed by atoms with Crippen LogP contribution in [-0.2, 0) is 11.3 Å². The van der Waals surface area contributed by atoms with Crippen LogP contribution in [0.5, 0.6) is 0 Å². The van der Waals surface area contributed by atoms with Gasteiger partial charge in [0, 0.05) is 26.4 Å². The topological polar surface area (TPSA) is 74.3 Å². The van der Waals surface area contributed by atoms with Gasteiger partial charge in [-0.3, -0.25) is 4.79 Å². The molecule has 23 heavy (non-hydrogen) atoms. The van der Waals surface area contributed by atoms with Gasteiger partial charge in [0.05, 0.1) is 5.57 Å². The lowest BCUT2D eigenvalue weighted by Gasteiger charge is -2.32. The molecule has 6 nitrogen and oxygen atoms in total. The molecule has 2 N–H and O–H groups in total. The van der Waals surface area contributed by atoms with Crippen LogP contribution in [0, 0.1) is 0 Å². The van der Waals surface area contributed by atoms with E-state index in [0.717, 1.165) is 5.56 Å². The Balaban J connectivity index is 2.36. The van der Waals surface area contributed by atoms with E-state index < -0.39 is 5.91 Å². The summed E-state index contributed by atoms with van der Waals surface area (Å²) in [7, 11) is 1.89. The summed E-state index contributed by atoms with van der Waals surface area (Å²) in [6, 6.07) is 9.94. The second-order valence-corrected chi connectivity index (χ2v) is 5.43. The number of primary amides is 1. The maximum absolute atomic E-state index is 11.5. The number of aliphatic imine (C=N–C) groups is 1. The van der Waals surface area contributed by atoms with E-state index in [1.54, 1.807) is 13.0 Å². The molecule has 0 radical (unpaired) electrons. The molecule has 0 bridgehead atoms. The fourth-order valence-corrected chi connectivity index (χ4v) is 2.34. The van der Waals surface area contributed by atoms with Gasteiger partial charge >= 0.3 is 0 Å². The van der Waals surface area contributed by atoms with Crippen LogP contribution in [0.4, 0.5) is 0 Å². The van der Waals surface area contributed by atoms with Crippen molar-refractivity contribution in [3.8, 4) is 0 Å². The molecule has 2 rings (SSSR count). The first-order valence-electron chi connectivity index (χ1n) is 6.92. The average molecular weight is 332 g/mol. The van der Waals surface area contributed by atoms with E-state index in [1.165, 1.54) is 5.01 Å². The first-order chi connectivity index (χ1) is 10.9. The van der Waals surface area contributed by atoms with Gasteiger partial charge in [-0.15, -0.1) is 0 Å². The molecule has 1 aromatic rings. The van der Waals surface area contributed by atoms with Crippen LogP contribution in [-0.4, -0.2) is 34.8 Å². The Bertz CT molecular complexity index is 708. The summed E-state index contributed by atoms with van der Waals surface area (Å²) in [6.07, 6.45) is 1.66. The van der Waals surface area contributed by atoms with Gasteiger partial charge in [-0.2, -0.15) is 10.1 Å². The molecule has 0 fully saturated rings. The van der Waals surface area contributed by atoms with Crippen molar-refractivity contribution in [1.29, 1.82) is 0 Å². The molecule has 1 amide bonds. The minimum Gasteiger partial charge on any atom is -0.366 e. The molecule has 0 atom stereocenters. The maximum Gasteiger partial charge on any atom is 0.248 e. The van der Waals surface area contributed by atoms with Crippen LogP contribution in [0.2, 0.25) is 0 Å². The smallest absolute Gasteiger partial charge is 0.248 e. The van der Waals surface area contributed by atoms with E-state index in [2.05, 4.69) is 16.8 Å². The summed E-state index contributed by atoms with van der Waals surface area (Å²) in [5, 5.41) is 5.65. The molecular weight excluding hydrogens is 314 g/mol. The van der Waals surface area contributed by atoms with E-state index in [1.807, 2.05) is 42.3 Å². The van der Waals surface area contributed by atoms with E-state index in [4.69, 9.17) is 17.3 Å². The van der Waals surface area contributed by atoms with E-state index in [9.17, 15) is 4.79 Å². The van der Waals surface area contributed by atoms with Crippen LogP contribution in [0.15, 0.2) is 63.7 Å². The number of rotatable bonds is 5. The number of carbonyl (C=O) groups excluding carboxylic acids is 1. The summed E-state index contributed by atoms with van der Waals surface area (Å²) < 4.78 is 0. The van der Waals surface area contributed by atoms with Gasteiger partial charge in [-0.05, 0) is 12.5 Å². The number of amides is 1. The largest absolute Gasteiger partial charge is 0.366 e. The van der Waals surface area contributed by atoms with Crippen molar-refractivity contribution in [1.82, 2.24) is 9.91 Å². The lowest BCUT2D eigenvalue weighted by molar-refractivity contribution is -0.114. The molecule has 120 valence electrons. The maximum atomic E-state index is 11.5. The Morgan fingerprint density at radius 1 is 1.43 bits per heavy atom. The quantitative estimate of drug-likeness (QED) is 0.664. The highest BCUT2D eigenvalue weighted by Gasteiger charge is 2.25. The molecule has 1 aliphatic rings. The summed E-state index contributed by atoms with van der Waals surface area (Å²) in [5.74, 6) is 0.336. The summed E-state index contributed by atoms with van der Waals surface area (Å²) in [6.45, 7) is 5.75. The number of carbonyl (C=O) groups is 1. The molecule has 0 saturated heterocycles. The van der Waals surface area contributed by atoms with Gasteiger partial charge in [0.2, 0.25) is 5.91 Å². The Morgan fingerprint density at radius 3 is 2.65 bits per heavy atom. The van der Waals surface area contributed by atoms with E-state index >= 15 is 0 Å². The first kappa shape index (κ1) is 16.8. The molecule has 0 spiro atoms. The lowest BCUT2D eigenvalue weighted by atomic mass is 10.2. The van der Waals surface area contributed by atoms with Gasteiger partial charge in [-0.1, -0.05) is 41.9 Å². The number of allylic oxidation sites excluding steroid dienone is 1. The lowest BCUT2D eigenvalue weighted by Crippen LogP contribution is -2.33. The van der Waals surface area contributed by atoms with Crippen LogP contribution in [0.1, 0.15) is 12.5 Å². The summed E-state index contributed by atoms with van der Waals surface area (Å²) in [5.41, 5.74) is 6.72. The number of benzene rings is 1. The molecule has 0 saturated carbocycles. The number of hydrogen-bond donors (Lipinski definition) is 1. The fraction of sp³-hybridized carbons (Fsp3) is 0.188. The van der Waals surface area contributed by atoms with Crippen LogP contribution in [0.3, 0.4) is 0 Å². The molecule has 0 aliphatic carbocycles. The minimum atomic E-state index is -0.589. The fourth-order valence-electron chi connectivity index (χ4n) is 2.16. The zero-order valence-corrected chi connectivity index (χ0v) is 13.8. The predicted molar refractivity (Wildman–Crippen MR) is 92.6 cm³/mol. The molecule has 1 aliphatic heterocycles. The Labute approximate surface area is 140 Å². The zero-order valence-electron chi connectivity index (χ0n) is 13.0. The highest BCUT2D eigenvalue weighted by Crippen LogP contribution is 2.26. The standard InChI is InChI=1S/C16H18ClN5O/c1-11(15(18)23)16-20-13(17)9-14(22(16)19-2)21(3)10-12-7-5-4-6-8-12/h4-9H,2,10H2,1,3H3,(H2,18,23)/b16-11+. The van der Waals surface area contributed by atoms with Crippen molar-refractivity contribution < 1.29 is 4.79 Å². The Morgan fingerprint density at radius 2 is 2.09 bits per heavy atom. The Kier molecular flexibility index (Phi) is 5.18. The van der Waals surface area contributed by atoms with Gasteiger partial charge in [-0.25, -0.2) is 4.99 Å². The van der Waals surface area contributed by atoms with Crippen LogP contribution >= 0.6 is 11.6 Å². The van der Waals surface area contributed by atoms with Crippen LogP contribution < -0.4 is 5.73 Å². The van der Waals surface area contributed by atoms with Crippen molar-refractivity contribution in [3.63, 3.8) is 0 Å². The molecular formula is C16H18ClN5O. The average Bonchev–Trinajstić information content (AvgIpc) is 2.54. The number of hydrogen-bond acceptors (Lipinski definition) is 5. The van der Waals surface area contributed by atoms with Crippen LogP contribution in [0.25, 0.3) is 0 Å². The monoisotopic (exact) mass is 331 g/mol. The van der Waals surface area contributed by atoms with Gasteiger partial charge in [0.25, 0.3) is 0 Å². The minimum absolute atomic E-state index is 0.246. The molecule has 1 heterocycles. The highest BCUT2D eigenvalue weighted by molar-refractivity contribution is 6.68. The number of hydrazone groups is 1. The van der Waals surface area contributed by atoms with Crippen molar-refractivity contribution in [2.24, 2.45) is 15.8 Å². The van der Waals surface area contributed by atoms with Crippen molar-refractivity contribution >= 4 is 29.4 Å². The second kappa shape index (κ2) is 7.11. The van der Waals surface area contributed by atoms with Crippen molar-refractivity contribution in [2.75, 3.05) is 7.05 Å². The van der Waals surface area contributed by atoms with E-state index in [-0.39, 0.29) is 16.6 Å². The Hall–Kier alpha value is -2.60. The number of halogens is 1. The third kappa shape index (κ3) is 3.78.